The van der Waals surface area contributed by atoms with E-state index < -0.39 is 0 Å². The van der Waals surface area contributed by atoms with Crippen LogP contribution in [0, 0.1) is 17.0 Å². The van der Waals surface area contributed by atoms with E-state index in [2.05, 4.69) is 0 Å². The van der Waals surface area contributed by atoms with Crippen LogP contribution < -0.4 is 9.47 Å². The van der Waals surface area contributed by atoms with Crippen molar-refractivity contribution in [3.05, 3.63) is 52.1 Å². The van der Waals surface area contributed by atoms with Crippen LogP contribution in [-0.4, -0.2) is 19.1 Å². The molecule has 0 saturated carbocycles. The van der Waals surface area contributed by atoms with Gasteiger partial charge in [-0.05, 0) is 37.3 Å². The minimum absolute atomic E-state index is 0.131. The summed E-state index contributed by atoms with van der Waals surface area (Å²) in [5, 5.41) is 10.8. The fraction of sp³-hybridized carbons (Fsp3) is 0.294. The second kappa shape index (κ2) is 9.05. The van der Waals surface area contributed by atoms with E-state index in [1.807, 2.05) is 32.0 Å². The largest absolute Gasteiger partial charge is 0.493 e. The maximum absolute atomic E-state index is 10.8. The summed E-state index contributed by atoms with van der Waals surface area (Å²) in [4.78, 5) is 12.3. The lowest BCUT2D eigenvalue weighted by Crippen LogP contribution is -1.92. The molecule has 5 nitrogen and oxygen atoms in total. The van der Waals surface area contributed by atoms with E-state index in [4.69, 9.17) is 9.47 Å². The fourth-order valence-electron chi connectivity index (χ4n) is 1.91. The van der Waals surface area contributed by atoms with Gasteiger partial charge in [0.05, 0.1) is 19.1 Å². The number of hydrogen-bond acceptors (Lipinski definition) is 5. The zero-order valence-electron chi connectivity index (χ0n) is 14.0. The molecule has 0 saturated heterocycles. The molecular formula is C17H21NO4S. The Labute approximate surface area is 140 Å². The van der Waals surface area contributed by atoms with Gasteiger partial charge in [-0.3, -0.25) is 10.1 Å². The normalized spacial score (nSPS) is 9.61. The molecule has 0 heterocycles. The first-order chi connectivity index (χ1) is 11.0. The Bertz CT molecular complexity index is 674. The maximum Gasteiger partial charge on any atom is 0.272 e. The molecule has 0 amide bonds. The Morgan fingerprint density at radius 1 is 0.957 bits per heavy atom. The number of hydrogen-bond donors (Lipinski definition) is 0. The van der Waals surface area contributed by atoms with Crippen molar-refractivity contribution >= 4 is 17.4 Å². The molecular weight excluding hydrogens is 314 g/mol. The van der Waals surface area contributed by atoms with Gasteiger partial charge in [-0.1, -0.05) is 25.6 Å². The van der Waals surface area contributed by atoms with Gasteiger partial charge in [-0.15, -0.1) is 0 Å². The molecule has 0 radical (unpaired) electrons. The molecule has 0 bridgehead atoms. The van der Waals surface area contributed by atoms with Crippen LogP contribution in [0.15, 0.2) is 46.2 Å². The van der Waals surface area contributed by atoms with Gasteiger partial charge in [0.25, 0.3) is 5.69 Å². The molecule has 0 aliphatic heterocycles. The lowest BCUT2D eigenvalue weighted by atomic mass is 10.2. The predicted octanol–water partition coefficient (Wildman–Crippen LogP) is 5.10. The maximum atomic E-state index is 10.8. The van der Waals surface area contributed by atoms with Gasteiger partial charge in [0.15, 0.2) is 11.5 Å². The smallest absolute Gasteiger partial charge is 0.272 e. The van der Waals surface area contributed by atoms with E-state index in [-0.39, 0.29) is 10.6 Å². The van der Waals surface area contributed by atoms with Gasteiger partial charge in [-0.25, -0.2) is 0 Å². The zero-order valence-corrected chi connectivity index (χ0v) is 14.8. The number of aryl methyl sites for hydroxylation is 1. The zero-order chi connectivity index (χ0) is 17.4. The van der Waals surface area contributed by atoms with E-state index in [1.165, 1.54) is 17.8 Å². The SMILES string of the molecule is CC.COc1ccc(Sc2ccc([N+](=O)[O-])c(C)c2)cc1OC. The highest BCUT2D eigenvalue weighted by atomic mass is 32.2. The second-order valence-corrected chi connectivity index (χ2v) is 5.47. The molecule has 0 unspecified atom stereocenters. The van der Waals surface area contributed by atoms with Crippen LogP contribution in [0.2, 0.25) is 0 Å². The number of ether oxygens (including phenoxy) is 2. The van der Waals surface area contributed by atoms with Gasteiger partial charge in [0.1, 0.15) is 0 Å². The molecule has 124 valence electrons. The third-order valence-corrected chi connectivity index (χ3v) is 3.93. The standard InChI is InChI=1S/C15H15NO4S.C2H6/c1-10-8-11(4-6-13(10)16(17)18)21-12-5-7-14(19-2)15(9-12)20-3;1-2/h4-9H,1-3H3;1-2H3. The van der Waals surface area contributed by atoms with E-state index in [9.17, 15) is 10.1 Å². The summed E-state index contributed by atoms with van der Waals surface area (Å²) in [6.45, 7) is 5.73. The molecule has 0 spiro atoms. The molecule has 0 fully saturated rings. The van der Waals surface area contributed by atoms with Crippen molar-refractivity contribution in [2.75, 3.05) is 14.2 Å². The second-order valence-electron chi connectivity index (χ2n) is 4.32. The van der Waals surface area contributed by atoms with Gasteiger partial charge >= 0.3 is 0 Å². The topological polar surface area (TPSA) is 61.6 Å². The third kappa shape index (κ3) is 4.89. The fourth-order valence-corrected chi connectivity index (χ4v) is 2.86. The molecule has 2 aromatic carbocycles. The summed E-state index contributed by atoms with van der Waals surface area (Å²) < 4.78 is 10.5. The van der Waals surface area contributed by atoms with E-state index in [1.54, 1.807) is 33.3 Å². The van der Waals surface area contributed by atoms with Crippen LogP contribution in [-0.2, 0) is 0 Å². The summed E-state index contributed by atoms with van der Waals surface area (Å²) in [7, 11) is 3.17. The Balaban J connectivity index is 0.00000127. The molecule has 2 rings (SSSR count). The van der Waals surface area contributed by atoms with Crippen molar-refractivity contribution in [1.29, 1.82) is 0 Å². The summed E-state index contributed by atoms with van der Waals surface area (Å²) in [6.07, 6.45) is 0. The minimum atomic E-state index is -0.375. The molecule has 0 aromatic heterocycles. The van der Waals surface area contributed by atoms with Crippen molar-refractivity contribution in [3.8, 4) is 11.5 Å². The lowest BCUT2D eigenvalue weighted by Gasteiger charge is -2.09. The summed E-state index contributed by atoms with van der Waals surface area (Å²) in [5.74, 6) is 1.32. The number of nitrogens with zero attached hydrogens (tertiary/aromatic N) is 1. The van der Waals surface area contributed by atoms with Crippen molar-refractivity contribution in [2.24, 2.45) is 0 Å². The highest BCUT2D eigenvalue weighted by Crippen LogP contribution is 2.36. The van der Waals surface area contributed by atoms with Crippen LogP contribution in [0.1, 0.15) is 19.4 Å². The summed E-state index contributed by atoms with van der Waals surface area (Å²) in [5.41, 5.74) is 0.775. The Kier molecular flexibility index (Phi) is 7.41. The van der Waals surface area contributed by atoms with Crippen LogP contribution in [0.25, 0.3) is 0 Å². The minimum Gasteiger partial charge on any atom is -0.493 e. The molecule has 0 atom stereocenters. The van der Waals surface area contributed by atoms with E-state index >= 15 is 0 Å². The van der Waals surface area contributed by atoms with Gasteiger partial charge in [-0.2, -0.15) is 0 Å². The van der Waals surface area contributed by atoms with Crippen LogP contribution in [0.4, 0.5) is 5.69 Å². The quantitative estimate of drug-likeness (QED) is 0.562. The number of benzene rings is 2. The first kappa shape index (κ1) is 18.8. The molecule has 6 heteroatoms. The van der Waals surface area contributed by atoms with Gasteiger partial charge in [0.2, 0.25) is 0 Å². The van der Waals surface area contributed by atoms with Crippen molar-refractivity contribution in [2.45, 2.75) is 30.6 Å². The number of nitro groups is 1. The molecule has 0 aliphatic rings. The average molecular weight is 335 g/mol. The summed E-state index contributed by atoms with van der Waals surface area (Å²) in [6, 6.07) is 10.7. The van der Waals surface area contributed by atoms with Gasteiger partial charge < -0.3 is 9.47 Å². The highest BCUT2D eigenvalue weighted by Gasteiger charge is 2.11. The van der Waals surface area contributed by atoms with Crippen molar-refractivity contribution < 1.29 is 14.4 Å². The lowest BCUT2D eigenvalue weighted by molar-refractivity contribution is -0.385. The number of rotatable bonds is 5. The average Bonchev–Trinajstić information content (AvgIpc) is 2.56. The van der Waals surface area contributed by atoms with E-state index in [0.717, 1.165) is 9.79 Å². The summed E-state index contributed by atoms with van der Waals surface area (Å²) >= 11 is 1.51. The van der Waals surface area contributed by atoms with Crippen LogP contribution in [0.3, 0.4) is 0 Å². The predicted molar refractivity (Wildman–Crippen MR) is 92.9 cm³/mol. The Hall–Kier alpha value is -2.21. The Morgan fingerprint density at radius 3 is 2.04 bits per heavy atom. The molecule has 0 N–H and O–H groups in total. The highest BCUT2D eigenvalue weighted by molar-refractivity contribution is 7.99. The molecule has 2 aromatic rings. The monoisotopic (exact) mass is 335 g/mol. The van der Waals surface area contributed by atoms with Gasteiger partial charge in [0, 0.05) is 21.4 Å². The van der Waals surface area contributed by atoms with Crippen LogP contribution >= 0.6 is 11.8 Å². The number of methoxy groups -OCH3 is 2. The molecule has 0 aliphatic carbocycles. The first-order valence-corrected chi connectivity index (χ1v) is 8.01. The Morgan fingerprint density at radius 2 is 1.52 bits per heavy atom. The third-order valence-electron chi connectivity index (χ3n) is 2.96. The first-order valence-electron chi connectivity index (χ1n) is 7.20. The van der Waals surface area contributed by atoms with Crippen molar-refractivity contribution in [1.82, 2.24) is 0 Å². The number of nitro benzene ring substituents is 1. The molecule has 23 heavy (non-hydrogen) atoms. The van der Waals surface area contributed by atoms with Crippen LogP contribution in [0.5, 0.6) is 11.5 Å². The van der Waals surface area contributed by atoms with E-state index in [0.29, 0.717) is 17.1 Å². The van der Waals surface area contributed by atoms with Crippen molar-refractivity contribution in [3.63, 3.8) is 0 Å².